The predicted octanol–water partition coefficient (Wildman–Crippen LogP) is 14.9. The third kappa shape index (κ3) is 5.44. The first kappa shape index (κ1) is 31.6. The first-order valence-electron chi connectivity index (χ1n) is 18.4. The van der Waals surface area contributed by atoms with Gasteiger partial charge in [0, 0.05) is 22.0 Å². The van der Waals surface area contributed by atoms with Crippen molar-refractivity contribution in [3.63, 3.8) is 0 Å². The van der Waals surface area contributed by atoms with Crippen molar-refractivity contribution in [3.05, 3.63) is 212 Å². The van der Waals surface area contributed by atoms with E-state index in [9.17, 15) is 0 Å². The lowest BCUT2D eigenvalue weighted by Gasteiger charge is -2.29. The summed E-state index contributed by atoms with van der Waals surface area (Å²) >= 11 is 0. The zero-order chi connectivity index (χ0) is 35.8. The van der Waals surface area contributed by atoms with Crippen LogP contribution in [0.3, 0.4) is 0 Å². The van der Waals surface area contributed by atoms with Crippen molar-refractivity contribution in [2.75, 3.05) is 4.90 Å². The SMILES string of the molecule is c1ccc(-c2ccc(N(c3ccccc3-c3c(-c4ccccc4)ccc4ccccc34)c3cccc4c3oc3ccccc34)cc2-c2ccccc2)cc1. The van der Waals surface area contributed by atoms with Crippen molar-refractivity contribution in [2.45, 2.75) is 0 Å². The number of fused-ring (bicyclic) bond motifs is 4. The van der Waals surface area contributed by atoms with E-state index in [0.29, 0.717) is 0 Å². The standard InChI is InChI=1S/C52H35NO/c1-4-17-36(18-5-1)41-34-32-40(35-47(41)38-21-8-3-9-22-38)53(49-29-16-27-45-44-25-13-15-30-50(44)54-52(45)49)48-28-14-12-26-46(48)51-42-24-11-10-23-39(42)31-33-43(51)37-19-6-2-7-20-37/h1-35H. The highest BCUT2D eigenvalue weighted by Gasteiger charge is 2.25. The zero-order valence-electron chi connectivity index (χ0n) is 29.6. The molecule has 0 bridgehead atoms. The van der Waals surface area contributed by atoms with Crippen LogP contribution in [-0.2, 0) is 0 Å². The Balaban J connectivity index is 1.30. The molecule has 10 rings (SSSR count). The molecule has 0 aliphatic carbocycles. The molecule has 0 atom stereocenters. The minimum Gasteiger partial charge on any atom is -0.454 e. The van der Waals surface area contributed by atoms with E-state index < -0.39 is 0 Å². The first-order chi connectivity index (χ1) is 26.8. The molecule has 0 unspecified atom stereocenters. The number of anilines is 3. The van der Waals surface area contributed by atoms with Gasteiger partial charge in [-0.05, 0) is 80.0 Å². The largest absolute Gasteiger partial charge is 0.454 e. The summed E-state index contributed by atoms with van der Waals surface area (Å²) < 4.78 is 6.78. The van der Waals surface area contributed by atoms with Gasteiger partial charge in [-0.3, -0.25) is 0 Å². The molecule has 2 heteroatoms. The van der Waals surface area contributed by atoms with Crippen molar-refractivity contribution in [1.29, 1.82) is 0 Å². The second kappa shape index (κ2) is 13.4. The summed E-state index contributed by atoms with van der Waals surface area (Å²) in [5.74, 6) is 0. The molecule has 9 aromatic carbocycles. The fourth-order valence-corrected chi connectivity index (χ4v) is 8.01. The van der Waals surface area contributed by atoms with Gasteiger partial charge in [-0.15, -0.1) is 0 Å². The molecule has 0 fully saturated rings. The van der Waals surface area contributed by atoms with Crippen LogP contribution in [-0.4, -0.2) is 0 Å². The Morgan fingerprint density at radius 2 is 0.889 bits per heavy atom. The van der Waals surface area contributed by atoms with Crippen molar-refractivity contribution in [1.82, 2.24) is 0 Å². The molecule has 1 heterocycles. The summed E-state index contributed by atoms with van der Waals surface area (Å²) in [4.78, 5) is 2.40. The Bertz CT molecular complexity index is 2930. The van der Waals surface area contributed by atoms with E-state index in [2.05, 4.69) is 211 Å². The predicted molar refractivity (Wildman–Crippen MR) is 228 cm³/mol. The Labute approximate surface area is 314 Å². The normalized spacial score (nSPS) is 11.3. The summed E-state index contributed by atoms with van der Waals surface area (Å²) in [6, 6.07) is 75.9. The maximum Gasteiger partial charge on any atom is 0.159 e. The smallest absolute Gasteiger partial charge is 0.159 e. The fourth-order valence-electron chi connectivity index (χ4n) is 8.01. The van der Waals surface area contributed by atoms with E-state index >= 15 is 0 Å². The van der Waals surface area contributed by atoms with Gasteiger partial charge in [0.05, 0.1) is 11.4 Å². The third-order valence-electron chi connectivity index (χ3n) is 10.5. The van der Waals surface area contributed by atoms with Crippen LogP contribution >= 0.6 is 0 Å². The van der Waals surface area contributed by atoms with Gasteiger partial charge in [0.15, 0.2) is 5.58 Å². The fraction of sp³-hybridized carbons (Fsp3) is 0. The number of furan rings is 1. The van der Waals surface area contributed by atoms with Gasteiger partial charge in [-0.1, -0.05) is 182 Å². The van der Waals surface area contributed by atoms with Crippen LogP contribution in [0.5, 0.6) is 0 Å². The van der Waals surface area contributed by atoms with E-state index in [1.807, 2.05) is 6.07 Å². The molecule has 2 nitrogen and oxygen atoms in total. The summed E-state index contributed by atoms with van der Waals surface area (Å²) in [5.41, 5.74) is 14.2. The average molecular weight is 690 g/mol. The molecule has 10 aromatic rings. The van der Waals surface area contributed by atoms with Crippen LogP contribution in [0.2, 0.25) is 0 Å². The maximum atomic E-state index is 6.78. The Kier molecular flexibility index (Phi) is 7.85. The van der Waals surface area contributed by atoms with Gasteiger partial charge < -0.3 is 9.32 Å². The number of para-hydroxylation sites is 3. The van der Waals surface area contributed by atoms with Crippen LogP contribution in [0.15, 0.2) is 217 Å². The molecule has 0 radical (unpaired) electrons. The highest BCUT2D eigenvalue weighted by molar-refractivity contribution is 6.12. The van der Waals surface area contributed by atoms with Gasteiger partial charge in [0.1, 0.15) is 5.58 Å². The average Bonchev–Trinajstić information content (AvgIpc) is 3.64. The van der Waals surface area contributed by atoms with E-state index in [-0.39, 0.29) is 0 Å². The van der Waals surface area contributed by atoms with Crippen LogP contribution in [0.1, 0.15) is 0 Å². The second-order valence-corrected chi connectivity index (χ2v) is 13.6. The highest BCUT2D eigenvalue weighted by atomic mass is 16.3. The monoisotopic (exact) mass is 689 g/mol. The minimum atomic E-state index is 0.850. The minimum absolute atomic E-state index is 0.850. The van der Waals surface area contributed by atoms with Crippen molar-refractivity contribution < 1.29 is 4.42 Å². The summed E-state index contributed by atoms with van der Waals surface area (Å²) in [6.07, 6.45) is 0. The number of benzene rings is 9. The third-order valence-corrected chi connectivity index (χ3v) is 10.5. The van der Waals surface area contributed by atoms with Gasteiger partial charge in [0.2, 0.25) is 0 Å². The summed E-state index contributed by atoms with van der Waals surface area (Å²) in [5, 5.41) is 4.60. The first-order valence-corrected chi connectivity index (χ1v) is 18.4. The van der Waals surface area contributed by atoms with Crippen LogP contribution in [0.4, 0.5) is 17.1 Å². The van der Waals surface area contributed by atoms with Crippen LogP contribution in [0, 0.1) is 0 Å². The Morgan fingerprint density at radius 1 is 0.333 bits per heavy atom. The summed E-state index contributed by atoms with van der Waals surface area (Å²) in [7, 11) is 0. The Morgan fingerprint density at radius 3 is 1.65 bits per heavy atom. The Hall–Kier alpha value is -7.16. The van der Waals surface area contributed by atoms with Gasteiger partial charge in [-0.25, -0.2) is 0 Å². The van der Waals surface area contributed by atoms with E-state index in [0.717, 1.165) is 55.7 Å². The molecule has 0 spiro atoms. The molecule has 0 saturated heterocycles. The molecule has 54 heavy (non-hydrogen) atoms. The highest BCUT2D eigenvalue weighted by Crippen LogP contribution is 2.49. The van der Waals surface area contributed by atoms with E-state index in [4.69, 9.17) is 4.42 Å². The van der Waals surface area contributed by atoms with E-state index in [1.54, 1.807) is 0 Å². The number of nitrogens with zero attached hydrogens (tertiary/aromatic N) is 1. The number of hydrogen-bond acceptors (Lipinski definition) is 2. The van der Waals surface area contributed by atoms with Gasteiger partial charge in [0.25, 0.3) is 0 Å². The van der Waals surface area contributed by atoms with Crippen molar-refractivity contribution in [3.8, 4) is 44.5 Å². The molecule has 0 aliphatic heterocycles. The molecule has 0 amide bonds. The molecule has 1 aromatic heterocycles. The molecular weight excluding hydrogens is 655 g/mol. The van der Waals surface area contributed by atoms with Gasteiger partial charge >= 0.3 is 0 Å². The molecule has 254 valence electrons. The summed E-state index contributed by atoms with van der Waals surface area (Å²) in [6.45, 7) is 0. The zero-order valence-corrected chi connectivity index (χ0v) is 29.6. The molecule has 0 aliphatic rings. The van der Waals surface area contributed by atoms with E-state index in [1.165, 1.54) is 38.6 Å². The second-order valence-electron chi connectivity index (χ2n) is 13.6. The van der Waals surface area contributed by atoms with Crippen LogP contribution < -0.4 is 4.90 Å². The van der Waals surface area contributed by atoms with Crippen molar-refractivity contribution >= 4 is 49.8 Å². The number of rotatable bonds is 7. The molecule has 0 N–H and O–H groups in total. The quantitative estimate of drug-likeness (QED) is 0.166. The lowest BCUT2D eigenvalue weighted by Crippen LogP contribution is -2.12. The van der Waals surface area contributed by atoms with Gasteiger partial charge in [-0.2, -0.15) is 0 Å². The number of hydrogen-bond donors (Lipinski definition) is 0. The van der Waals surface area contributed by atoms with Crippen LogP contribution in [0.25, 0.3) is 77.2 Å². The molecular formula is C52H35NO. The maximum absolute atomic E-state index is 6.78. The lowest BCUT2D eigenvalue weighted by molar-refractivity contribution is 0.669. The topological polar surface area (TPSA) is 16.4 Å². The molecule has 0 saturated carbocycles. The van der Waals surface area contributed by atoms with Crippen molar-refractivity contribution in [2.24, 2.45) is 0 Å². The lowest BCUT2D eigenvalue weighted by atomic mass is 9.88.